The largest absolute Gasteiger partial charge is 0.286 e. The molecule has 9 heteroatoms. The van der Waals surface area contributed by atoms with E-state index >= 15 is 0 Å². The molecule has 0 aromatic rings. The van der Waals surface area contributed by atoms with Crippen molar-refractivity contribution in [3.8, 4) is 0 Å². The molecule has 91 valence electrons. The van der Waals surface area contributed by atoms with Crippen LogP contribution in [-0.4, -0.2) is 101 Å². The van der Waals surface area contributed by atoms with Crippen molar-refractivity contribution in [3.63, 3.8) is 0 Å². The Morgan fingerprint density at radius 1 is 1.38 bits per heavy atom. The number of hydrogen-bond donors (Lipinski definition) is 1. The molecule has 0 saturated carbocycles. The number of sulfone groups is 1. The fraction of sp³-hybridized carbons (Fsp3) is 1.00. The van der Waals surface area contributed by atoms with Gasteiger partial charge in [-0.3, -0.25) is 4.55 Å². The monoisotopic (exact) mass is 313 g/mol. The fourth-order valence-electron chi connectivity index (χ4n) is 1.38. The van der Waals surface area contributed by atoms with Gasteiger partial charge in [-0.1, -0.05) is 0 Å². The summed E-state index contributed by atoms with van der Waals surface area (Å²) in [6, 6.07) is 0. The van der Waals surface area contributed by atoms with E-state index in [4.69, 9.17) is 4.55 Å². The maximum Gasteiger partial charge on any atom is 0.264 e. The number of thioether (sulfide) groups is 1. The van der Waals surface area contributed by atoms with Crippen LogP contribution < -0.4 is 0 Å². The van der Waals surface area contributed by atoms with E-state index in [9.17, 15) is 16.8 Å². The van der Waals surface area contributed by atoms with Crippen LogP contribution in [0.15, 0.2) is 0 Å². The van der Waals surface area contributed by atoms with Gasteiger partial charge in [-0.25, -0.2) is 8.42 Å². The first-order chi connectivity index (χ1) is 6.79. The molecule has 0 spiro atoms. The van der Waals surface area contributed by atoms with Gasteiger partial charge in [0.1, 0.15) is 0 Å². The predicted octanol–water partition coefficient (Wildman–Crippen LogP) is -0.196. The molecule has 1 radical (unpaired) electrons. The van der Waals surface area contributed by atoms with Gasteiger partial charge in [-0.2, -0.15) is 20.2 Å². The van der Waals surface area contributed by atoms with E-state index in [2.05, 4.69) is 0 Å². The van der Waals surface area contributed by atoms with Gasteiger partial charge in [0.25, 0.3) is 10.1 Å². The standard InChI is InChI=1S/C7H14O5S3.K/c8-14(9)5-2-7(6-14)13-3-1-4-15(10,11)12;/h7H,1-6H2,(H,10,11,12);. The van der Waals surface area contributed by atoms with Crippen LogP contribution in [0.4, 0.5) is 0 Å². The maximum atomic E-state index is 11.1. The maximum absolute atomic E-state index is 11.1. The molecule has 1 saturated heterocycles. The van der Waals surface area contributed by atoms with Gasteiger partial charge in [-0.15, -0.1) is 0 Å². The topological polar surface area (TPSA) is 88.5 Å². The summed E-state index contributed by atoms with van der Waals surface area (Å²) in [6.45, 7) is 0. The molecule has 1 fully saturated rings. The Morgan fingerprint density at radius 3 is 2.44 bits per heavy atom. The van der Waals surface area contributed by atoms with E-state index in [1.54, 1.807) is 0 Å². The molecule has 0 aromatic carbocycles. The van der Waals surface area contributed by atoms with Crippen molar-refractivity contribution >= 4 is 83.1 Å². The van der Waals surface area contributed by atoms with Crippen LogP contribution in [0.2, 0.25) is 0 Å². The van der Waals surface area contributed by atoms with Gasteiger partial charge in [-0.05, 0) is 18.6 Å². The van der Waals surface area contributed by atoms with Crippen LogP contribution in [0.3, 0.4) is 0 Å². The Hall–Kier alpha value is 1.85. The predicted molar refractivity (Wildman–Crippen MR) is 66.3 cm³/mol. The number of rotatable bonds is 5. The third-order valence-electron chi connectivity index (χ3n) is 2.09. The zero-order chi connectivity index (χ0) is 11.5. The van der Waals surface area contributed by atoms with Crippen molar-refractivity contribution in [2.45, 2.75) is 18.1 Å². The van der Waals surface area contributed by atoms with Crippen LogP contribution in [0.1, 0.15) is 12.8 Å². The first-order valence-electron chi connectivity index (χ1n) is 4.56. The summed E-state index contributed by atoms with van der Waals surface area (Å²) in [5.74, 6) is 0.756. The Morgan fingerprint density at radius 2 is 2.00 bits per heavy atom. The summed E-state index contributed by atoms with van der Waals surface area (Å²) in [5, 5.41) is 0.0939. The van der Waals surface area contributed by atoms with E-state index in [0.29, 0.717) is 18.6 Å². The molecule has 0 aliphatic carbocycles. The van der Waals surface area contributed by atoms with Crippen LogP contribution in [0, 0.1) is 0 Å². The summed E-state index contributed by atoms with van der Waals surface area (Å²) in [5.41, 5.74) is 0. The summed E-state index contributed by atoms with van der Waals surface area (Å²) >= 11 is 1.47. The summed E-state index contributed by atoms with van der Waals surface area (Å²) < 4.78 is 51.4. The third-order valence-corrected chi connectivity index (χ3v) is 6.27. The van der Waals surface area contributed by atoms with Crippen molar-refractivity contribution in [1.82, 2.24) is 0 Å². The van der Waals surface area contributed by atoms with Crippen molar-refractivity contribution in [2.75, 3.05) is 23.0 Å². The molecule has 1 unspecified atom stereocenters. The average molecular weight is 313 g/mol. The van der Waals surface area contributed by atoms with Gasteiger partial charge in [0.2, 0.25) is 0 Å². The fourth-order valence-corrected chi connectivity index (χ4v) is 5.70. The molecule has 1 N–H and O–H groups in total. The molecule has 16 heavy (non-hydrogen) atoms. The summed E-state index contributed by atoms with van der Waals surface area (Å²) in [6.07, 6.45) is 1.01. The normalized spacial score (nSPS) is 23.9. The quantitative estimate of drug-likeness (QED) is 0.430. The SMILES string of the molecule is O=S(=O)(O)CCCSC1CCS(=O)(=O)C1.[K]. The first kappa shape index (κ1) is 17.8. The van der Waals surface area contributed by atoms with Gasteiger partial charge < -0.3 is 0 Å². The van der Waals surface area contributed by atoms with E-state index in [0.717, 1.165) is 0 Å². The molecule has 1 aliphatic rings. The molecular formula is C7H14KO5S3. The van der Waals surface area contributed by atoms with Gasteiger partial charge in [0.15, 0.2) is 9.84 Å². The Bertz CT molecular complexity index is 402. The van der Waals surface area contributed by atoms with Gasteiger partial charge >= 0.3 is 0 Å². The van der Waals surface area contributed by atoms with Crippen LogP contribution in [0.5, 0.6) is 0 Å². The second kappa shape index (κ2) is 7.44. The minimum absolute atomic E-state index is 0. The number of hydrogen-bond acceptors (Lipinski definition) is 5. The minimum Gasteiger partial charge on any atom is -0.286 e. The van der Waals surface area contributed by atoms with E-state index < -0.39 is 20.0 Å². The van der Waals surface area contributed by atoms with Gasteiger partial charge in [0.05, 0.1) is 17.3 Å². The second-order valence-electron chi connectivity index (χ2n) is 3.54. The van der Waals surface area contributed by atoms with Crippen molar-refractivity contribution in [3.05, 3.63) is 0 Å². The zero-order valence-corrected chi connectivity index (χ0v) is 14.7. The second-order valence-corrected chi connectivity index (χ2v) is 8.74. The smallest absolute Gasteiger partial charge is 0.264 e. The third kappa shape index (κ3) is 8.04. The minimum atomic E-state index is -3.87. The Balaban J connectivity index is 0.00000225. The van der Waals surface area contributed by atoms with Crippen LogP contribution >= 0.6 is 11.8 Å². The van der Waals surface area contributed by atoms with Crippen molar-refractivity contribution in [1.29, 1.82) is 0 Å². The molecule has 5 nitrogen and oxygen atoms in total. The molecule has 0 bridgehead atoms. The Kier molecular flexibility index (Phi) is 8.30. The van der Waals surface area contributed by atoms with E-state index in [1.807, 2.05) is 0 Å². The molecule has 1 rings (SSSR count). The van der Waals surface area contributed by atoms with E-state index in [1.165, 1.54) is 11.8 Å². The van der Waals surface area contributed by atoms with Crippen LogP contribution in [-0.2, 0) is 20.0 Å². The molecule has 0 aromatic heterocycles. The van der Waals surface area contributed by atoms with E-state index in [-0.39, 0.29) is 73.9 Å². The molecule has 1 aliphatic heterocycles. The molecule has 0 amide bonds. The molecular weight excluding hydrogens is 299 g/mol. The Labute approximate surface area is 143 Å². The van der Waals surface area contributed by atoms with Crippen molar-refractivity contribution in [2.24, 2.45) is 0 Å². The van der Waals surface area contributed by atoms with Crippen LogP contribution in [0.25, 0.3) is 0 Å². The summed E-state index contributed by atoms with van der Waals surface area (Å²) in [4.78, 5) is 0. The first-order valence-corrected chi connectivity index (χ1v) is 9.04. The van der Waals surface area contributed by atoms with Gasteiger partial charge in [0, 0.05) is 56.6 Å². The average Bonchev–Trinajstić information content (AvgIpc) is 2.38. The summed E-state index contributed by atoms with van der Waals surface area (Å²) in [7, 11) is -6.72. The molecule has 1 heterocycles. The van der Waals surface area contributed by atoms with Crippen molar-refractivity contribution < 1.29 is 21.4 Å². The zero-order valence-electron chi connectivity index (χ0n) is 9.12. The molecule has 1 atom stereocenters.